The van der Waals surface area contributed by atoms with Crippen LogP contribution in [0.25, 0.3) is 11.1 Å². The Bertz CT molecular complexity index is 1440. The topological polar surface area (TPSA) is 102 Å². The maximum Gasteiger partial charge on any atom is 0.231 e. The Morgan fingerprint density at radius 2 is 1.70 bits per heavy atom. The molecule has 0 saturated carbocycles. The van der Waals surface area contributed by atoms with Crippen molar-refractivity contribution < 1.29 is 26.3 Å². The van der Waals surface area contributed by atoms with Crippen molar-refractivity contribution in [2.75, 3.05) is 35.7 Å². The summed E-state index contributed by atoms with van der Waals surface area (Å²) in [5, 5.41) is 0. The molecule has 0 aliphatic carbocycles. The third kappa shape index (κ3) is 4.62. The number of hydrogen-bond acceptors (Lipinski definition) is 6. The second-order valence-electron chi connectivity index (χ2n) is 7.83. The summed E-state index contributed by atoms with van der Waals surface area (Å²) in [5.74, 6) is 1.24. The van der Waals surface area contributed by atoms with Gasteiger partial charge >= 0.3 is 0 Å². The number of rotatable bonds is 6. The van der Waals surface area contributed by atoms with E-state index in [-0.39, 0.29) is 0 Å². The molecule has 1 N–H and O–H groups in total. The number of anilines is 2. The van der Waals surface area contributed by atoms with Gasteiger partial charge in [0.15, 0.2) is 0 Å². The van der Waals surface area contributed by atoms with Gasteiger partial charge in [-0.25, -0.2) is 16.8 Å². The fraction of sp³-hybridized carbons (Fsp3) is 0.217. The number of sulfonamides is 2. The van der Waals surface area contributed by atoms with Crippen LogP contribution in [0.2, 0.25) is 0 Å². The highest BCUT2D eigenvalue weighted by molar-refractivity contribution is 7.92. The highest BCUT2D eigenvalue weighted by Gasteiger charge is 2.30. The number of nitrogens with one attached hydrogen (secondary N) is 1. The Morgan fingerprint density at radius 1 is 0.970 bits per heavy atom. The molecule has 0 bridgehead atoms. The van der Waals surface area contributed by atoms with Crippen LogP contribution < -0.4 is 18.5 Å². The number of hydrogen-bond donors (Lipinski definition) is 1. The smallest absolute Gasteiger partial charge is 0.231 e. The van der Waals surface area contributed by atoms with E-state index in [1.807, 2.05) is 30.3 Å². The SMILES string of the molecule is COc1cccc2c1-c1ccc(NS(C)(=O)=O)cc1C(c1cccc(N(C)S(C)(=O)=O)c1)O2. The Morgan fingerprint density at radius 3 is 2.36 bits per heavy atom. The molecule has 0 saturated heterocycles. The fourth-order valence-corrected chi connectivity index (χ4v) is 4.89. The van der Waals surface area contributed by atoms with Crippen LogP contribution in [0.5, 0.6) is 11.5 Å². The fourth-order valence-electron chi connectivity index (χ4n) is 3.84. The lowest BCUT2D eigenvalue weighted by Gasteiger charge is -2.31. The summed E-state index contributed by atoms with van der Waals surface area (Å²) in [4.78, 5) is 0. The van der Waals surface area contributed by atoms with Gasteiger partial charge in [-0.2, -0.15) is 0 Å². The van der Waals surface area contributed by atoms with E-state index in [1.165, 1.54) is 11.4 Å². The minimum Gasteiger partial charge on any atom is -0.496 e. The minimum atomic E-state index is -3.48. The third-order valence-electron chi connectivity index (χ3n) is 5.39. The van der Waals surface area contributed by atoms with Crippen molar-refractivity contribution in [1.29, 1.82) is 0 Å². The van der Waals surface area contributed by atoms with Gasteiger partial charge in [0.25, 0.3) is 0 Å². The first-order chi connectivity index (χ1) is 15.5. The molecule has 1 aliphatic heterocycles. The quantitative estimate of drug-likeness (QED) is 0.569. The number of ether oxygens (including phenoxy) is 2. The van der Waals surface area contributed by atoms with Crippen molar-refractivity contribution in [3.05, 3.63) is 71.8 Å². The molecule has 1 heterocycles. The molecule has 3 aromatic rings. The van der Waals surface area contributed by atoms with E-state index >= 15 is 0 Å². The Balaban J connectivity index is 1.90. The van der Waals surface area contributed by atoms with E-state index in [9.17, 15) is 16.8 Å². The average molecular weight is 489 g/mol. The van der Waals surface area contributed by atoms with Crippen molar-refractivity contribution in [1.82, 2.24) is 0 Å². The van der Waals surface area contributed by atoms with Gasteiger partial charge in [0.05, 0.1) is 30.9 Å². The monoisotopic (exact) mass is 488 g/mol. The first-order valence-corrected chi connectivity index (χ1v) is 13.7. The average Bonchev–Trinajstić information content (AvgIpc) is 2.75. The first-order valence-electron chi connectivity index (χ1n) is 9.97. The zero-order chi connectivity index (χ0) is 24.0. The molecule has 0 spiro atoms. The summed E-state index contributed by atoms with van der Waals surface area (Å²) < 4.78 is 63.3. The first kappa shape index (κ1) is 22.9. The van der Waals surface area contributed by atoms with E-state index in [2.05, 4.69) is 4.72 Å². The van der Waals surface area contributed by atoms with E-state index in [0.717, 1.165) is 29.2 Å². The molecule has 174 valence electrons. The van der Waals surface area contributed by atoms with Crippen LogP contribution in [0.15, 0.2) is 60.7 Å². The van der Waals surface area contributed by atoms with E-state index in [4.69, 9.17) is 9.47 Å². The zero-order valence-electron chi connectivity index (χ0n) is 18.6. The summed E-state index contributed by atoms with van der Waals surface area (Å²) in [6, 6.07) is 17.8. The molecule has 0 aromatic heterocycles. The zero-order valence-corrected chi connectivity index (χ0v) is 20.2. The lowest BCUT2D eigenvalue weighted by Crippen LogP contribution is -2.25. The molecule has 1 atom stereocenters. The van der Waals surface area contributed by atoms with Gasteiger partial charge in [-0.1, -0.05) is 24.3 Å². The third-order valence-corrected chi connectivity index (χ3v) is 7.21. The van der Waals surface area contributed by atoms with Crippen molar-refractivity contribution in [3.8, 4) is 22.6 Å². The summed E-state index contributed by atoms with van der Waals surface area (Å²) in [6.45, 7) is 0. The van der Waals surface area contributed by atoms with E-state index < -0.39 is 26.2 Å². The van der Waals surface area contributed by atoms with Crippen LogP contribution in [-0.2, 0) is 20.0 Å². The molecule has 4 rings (SSSR count). The van der Waals surface area contributed by atoms with Crippen LogP contribution in [0.1, 0.15) is 17.2 Å². The molecule has 0 amide bonds. The van der Waals surface area contributed by atoms with Gasteiger partial charge in [0.1, 0.15) is 17.6 Å². The molecule has 0 fully saturated rings. The van der Waals surface area contributed by atoms with Gasteiger partial charge in [-0.15, -0.1) is 0 Å². The summed E-state index contributed by atoms with van der Waals surface area (Å²) >= 11 is 0. The van der Waals surface area contributed by atoms with Gasteiger partial charge in [-0.05, 0) is 47.5 Å². The lowest BCUT2D eigenvalue weighted by atomic mass is 9.88. The minimum absolute atomic E-state index is 0.396. The van der Waals surface area contributed by atoms with E-state index in [0.29, 0.717) is 28.4 Å². The number of fused-ring (bicyclic) bond motifs is 3. The molecular weight excluding hydrogens is 464 g/mol. The number of methoxy groups -OCH3 is 1. The van der Waals surface area contributed by atoms with Crippen molar-refractivity contribution in [2.45, 2.75) is 6.10 Å². The molecule has 1 aliphatic rings. The highest BCUT2D eigenvalue weighted by Crippen LogP contribution is 2.49. The van der Waals surface area contributed by atoms with Gasteiger partial charge in [0, 0.05) is 18.3 Å². The van der Waals surface area contributed by atoms with Crippen LogP contribution in [-0.4, -0.2) is 43.5 Å². The second kappa shape index (κ2) is 8.27. The predicted molar refractivity (Wildman–Crippen MR) is 129 cm³/mol. The Hall–Kier alpha value is -3.24. The largest absolute Gasteiger partial charge is 0.496 e. The highest BCUT2D eigenvalue weighted by atomic mass is 32.2. The van der Waals surface area contributed by atoms with Crippen LogP contribution in [0, 0.1) is 0 Å². The summed E-state index contributed by atoms with van der Waals surface area (Å²) in [7, 11) is -3.87. The molecule has 33 heavy (non-hydrogen) atoms. The molecule has 8 nitrogen and oxygen atoms in total. The summed E-state index contributed by atoms with van der Waals surface area (Å²) in [6.07, 6.45) is 1.62. The van der Waals surface area contributed by atoms with Crippen molar-refractivity contribution >= 4 is 31.4 Å². The van der Waals surface area contributed by atoms with Crippen LogP contribution in [0.3, 0.4) is 0 Å². The van der Waals surface area contributed by atoms with Crippen molar-refractivity contribution in [2.24, 2.45) is 0 Å². The molecule has 1 unspecified atom stereocenters. The van der Waals surface area contributed by atoms with E-state index in [1.54, 1.807) is 37.4 Å². The Kier molecular flexibility index (Phi) is 5.75. The normalized spacial score (nSPS) is 15.1. The number of benzene rings is 3. The maximum atomic E-state index is 12.0. The molecular formula is C23H24N2O6S2. The molecule has 10 heteroatoms. The van der Waals surface area contributed by atoms with Crippen LogP contribution >= 0.6 is 0 Å². The molecule has 3 aromatic carbocycles. The lowest BCUT2D eigenvalue weighted by molar-refractivity contribution is 0.242. The Labute approximate surface area is 193 Å². The maximum absolute atomic E-state index is 12.0. The number of nitrogens with zero attached hydrogens (tertiary/aromatic N) is 1. The van der Waals surface area contributed by atoms with Crippen molar-refractivity contribution in [3.63, 3.8) is 0 Å². The summed E-state index contributed by atoms with van der Waals surface area (Å²) in [5.41, 5.74) is 3.92. The van der Waals surface area contributed by atoms with Gasteiger partial charge in [0.2, 0.25) is 20.0 Å². The predicted octanol–water partition coefficient (Wildman–Crippen LogP) is 3.61. The second-order valence-corrected chi connectivity index (χ2v) is 11.6. The van der Waals surface area contributed by atoms with Gasteiger partial charge in [-0.3, -0.25) is 9.03 Å². The standard InChI is InChI=1S/C23H24N2O6S2/c1-25(33(4,28)29)17-8-5-7-15(13-17)23-19-14-16(24-32(3,26)27)11-12-18(19)22-20(30-2)9-6-10-21(22)31-23/h5-14,23-24H,1-4H3. The van der Waals surface area contributed by atoms with Crippen LogP contribution in [0.4, 0.5) is 11.4 Å². The van der Waals surface area contributed by atoms with Gasteiger partial charge < -0.3 is 9.47 Å². The molecule has 0 radical (unpaired) electrons.